The van der Waals surface area contributed by atoms with Crippen LogP contribution in [0.1, 0.15) is 31.2 Å². The summed E-state index contributed by atoms with van der Waals surface area (Å²) in [5, 5.41) is 20.3. The third-order valence-electron chi connectivity index (χ3n) is 4.70. The molecule has 0 spiro atoms. The van der Waals surface area contributed by atoms with Crippen LogP contribution in [0.15, 0.2) is 18.2 Å². The summed E-state index contributed by atoms with van der Waals surface area (Å²) in [5.41, 5.74) is 1.03. The Morgan fingerprint density at radius 2 is 2.00 bits per heavy atom. The predicted molar refractivity (Wildman–Crippen MR) is 83.9 cm³/mol. The fourth-order valence-electron chi connectivity index (χ4n) is 3.58. The number of benzene rings is 1. The van der Waals surface area contributed by atoms with E-state index >= 15 is 0 Å². The number of hydrogen-bond acceptors (Lipinski definition) is 5. The van der Waals surface area contributed by atoms with E-state index in [1.54, 1.807) is 12.1 Å². The van der Waals surface area contributed by atoms with Gasteiger partial charge in [-0.05, 0) is 50.9 Å². The van der Waals surface area contributed by atoms with Gasteiger partial charge >= 0.3 is 0 Å². The summed E-state index contributed by atoms with van der Waals surface area (Å²) in [6, 6.07) is 7.24. The average molecular weight is 300 g/mol. The number of piperidine rings is 1. The first-order valence-electron chi connectivity index (χ1n) is 7.86. The molecule has 0 aliphatic carbocycles. The van der Waals surface area contributed by atoms with E-state index in [4.69, 9.17) is 5.26 Å². The Kier molecular flexibility index (Phi) is 4.25. The molecule has 22 heavy (non-hydrogen) atoms. The van der Waals surface area contributed by atoms with Crippen molar-refractivity contribution in [3.63, 3.8) is 0 Å². The summed E-state index contributed by atoms with van der Waals surface area (Å²) in [6.07, 6.45) is 4.74. The Hall–Kier alpha value is -2.13. The number of nitriles is 1. The molecule has 2 fully saturated rings. The normalized spacial score (nSPS) is 22.5. The lowest BCUT2D eigenvalue weighted by atomic mass is 10.0. The smallest absolute Gasteiger partial charge is 0.293 e. The first-order valence-corrected chi connectivity index (χ1v) is 7.86. The van der Waals surface area contributed by atoms with Crippen molar-refractivity contribution in [1.82, 2.24) is 4.90 Å². The highest BCUT2D eigenvalue weighted by molar-refractivity contribution is 5.66. The molecule has 116 valence electrons. The molecule has 2 aliphatic rings. The molecule has 0 aromatic heterocycles. The highest BCUT2D eigenvalue weighted by Crippen LogP contribution is 2.32. The zero-order chi connectivity index (χ0) is 15.5. The maximum absolute atomic E-state index is 11.3. The highest BCUT2D eigenvalue weighted by atomic mass is 16.6. The maximum atomic E-state index is 11.3. The van der Waals surface area contributed by atoms with E-state index in [2.05, 4.69) is 9.80 Å². The Bertz CT molecular complexity index is 605. The van der Waals surface area contributed by atoms with Gasteiger partial charge in [-0.25, -0.2) is 0 Å². The summed E-state index contributed by atoms with van der Waals surface area (Å²) in [4.78, 5) is 15.6. The van der Waals surface area contributed by atoms with Gasteiger partial charge < -0.3 is 4.90 Å². The third-order valence-corrected chi connectivity index (χ3v) is 4.70. The molecule has 0 N–H and O–H groups in total. The number of nitro benzene ring substituents is 1. The van der Waals surface area contributed by atoms with Crippen molar-refractivity contribution in [3.8, 4) is 6.07 Å². The van der Waals surface area contributed by atoms with Gasteiger partial charge in [0, 0.05) is 25.2 Å². The van der Waals surface area contributed by atoms with Gasteiger partial charge in [-0.1, -0.05) is 0 Å². The topological polar surface area (TPSA) is 73.4 Å². The third kappa shape index (κ3) is 2.90. The molecule has 0 saturated carbocycles. The molecule has 1 aromatic carbocycles. The SMILES string of the molecule is N#Cc1ccc(N2CCC[C@H](N3CCCC3)C2)c([N+](=O)[O-])c1. The van der Waals surface area contributed by atoms with Crippen LogP contribution in [0.5, 0.6) is 0 Å². The minimum Gasteiger partial charge on any atom is -0.364 e. The van der Waals surface area contributed by atoms with E-state index in [0.29, 0.717) is 17.3 Å². The number of anilines is 1. The van der Waals surface area contributed by atoms with Gasteiger partial charge in [0.1, 0.15) is 5.69 Å². The van der Waals surface area contributed by atoms with Crippen LogP contribution in [0, 0.1) is 21.4 Å². The van der Waals surface area contributed by atoms with Gasteiger partial charge in [0.15, 0.2) is 0 Å². The maximum Gasteiger partial charge on any atom is 0.293 e. The van der Waals surface area contributed by atoms with Crippen molar-refractivity contribution >= 4 is 11.4 Å². The summed E-state index contributed by atoms with van der Waals surface area (Å²) >= 11 is 0. The van der Waals surface area contributed by atoms with Crippen LogP contribution < -0.4 is 4.90 Å². The van der Waals surface area contributed by atoms with Gasteiger partial charge in [0.25, 0.3) is 5.69 Å². The van der Waals surface area contributed by atoms with Crippen molar-refractivity contribution in [1.29, 1.82) is 5.26 Å². The lowest BCUT2D eigenvalue weighted by molar-refractivity contribution is -0.384. The Morgan fingerprint density at radius 3 is 2.68 bits per heavy atom. The first-order chi connectivity index (χ1) is 10.7. The van der Waals surface area contributed by atoms with E-state index in [9.17, 15) is 10.1 Å². The van der Waals surface area contributed by atoms with Crippen molar-refractivity contribution in [2.24, 2.45) is 0 Å². The van der Waals surface area contributed by atoms with Crippen LogP contribution in [-0.4, -0.2) is 42.0 Å². The van der Waals surface area contributed by atoms with Crippen LogP contribution in [-0.2, 0) is 0 Å². The summed E-state index contributed by atoms with van der Waals surface area (Å²) in [7, 11) is 0. The van der Waals surface area contributed by atoms with Gasteiger partial charge in [-0.3, -0.25) is 15.0 Å². The van der Waals surface area contributed by atoms with Gasteiger partial charge in [-0.15, -0.1) is 0 Å². The molecule has 0 bridgehead atoms. The second kappa shape index (κ2) is 6.32. The van der Waals surface area contributed by atoms with E-state index in [-0.39, 0.29) is 10.6 Å². The Morgan fingerprint density at radius 1 is 1.23 bits per heavy atom. The summed E-state index contributed by atoms with van der Waals surface area (Å²) in [6.45, 7) is 3.98. The zero-order valence-corrected chi connectivity index (χ0v) is 12.6. The minimum atomic E-state index is -0.379. The largest absolute Gasteiger partial charge is 0.364 e. The lowest BCUT2D eigenvalue weighted by Gasteiger charge is -2.38. The molecule has 1 aromatic rings. The van der Waals surface area contributed by atoms with E-state index < -0.39 is 0 Å². The molecule has 1 atom stereocenters. The van der Waals surface area contributed by atoms with Crippen molar-refractivity contribution in [2.45, 2.75) is 31.7 Å². The van der Waals surface area contributed by atoms with Crippen LogP contribution >= 0.6 is 0 Å². The van der Waals surface area contributed by atoms with E-state index in [0.717, 1.165) is 32.6 Å². The molecular formula is C16H20N4O2. The molecule has 2 saturated heterocycles. The number of likely N-dealkylation sites (tertiary alicyclic amines) is 1. The molecule has 6 nitrogen and oxygen atoms in total. The quantitative estimate of drug-likeness (QED) is 0.633. The molecule has 0 unspecified atom stereocenters. The van der Waals surface area contributed by atoms with Crippen molar-refractivity contribution < 1.29 is 4.92 Å². The van der Waals surface area contributed by atoms with Crippen LogP contribution in [0.3, 0.4) is 0 Å². The van der Waals surface area contributed by atoms with Gasteiger partial charge in [-0.2, -0.15) is 5.26 Å². The highest BCUT2D eigenvalue weighted by Gasteiger charge is 2.30. The minimum absolute atomic E-state index is 0.0427. The number of rotatable bonds is 3. The average Bonchev–Trinajstić information content (AvgIpc) is 3.09. The van der Waals surface area contributed by atoms with E-state index in [1.807, 2.05) is 6.07 Å². The molecular weight excluding hydrogens is 280 g/mol. The van der Waals surface area contributed by atoms with Crippen molar-refractivity contribution in [2.75, 3.05) is 31.1 Å². The van der Waals surface area contributed by atoms with E-state index in [1.165, 1.54) is 25.3 Å². The molecule has 2 aliphatic heterocycles. The number of hydrogen-bond donors (Lipinski definition) is 0. The fourth-order valence-corrected chi connectivity index (χ4v) is 3.58. The Labute approximate surface area is 130 Å². The predicted octanol–water partition coefficient (Wildman–Crippen LogP) is 2.53. The van der Waals surface area contributed by atoms with Gasteiger partial charge in [0.2, 0.25) is 0 Å². The molecule has 0 radical (unpaired) electrons. The summed E-state index contributed by atoms with van der Waals surface area (Å²) in [5.74, 6) is 0. The number of nitrogens with zero attached hydrogens (tertiary/aromatic N) is 4. The van der Waals surface area contributed by atoms with Crippen LogP contribution in [0.2, 0.25) is 0 Å². The monoisotopic (exact) mass is 300 g/mol. The van der Waals surface area contributed by atoms with Crippen LogP contribution in [0.4, 0.5) is 11.4 Å². The lowest BCUT2D eigenvalue weighted by Crippen LogP contribution is -2.47. The Balaban J connectivity index is 1.83. The zero-order valence-electron chi connectivity index (χ0n) is 12.6. The number of nitro groups is 1. The summed E-state index contributed by atoms with van der Waals surface area (Å²) < 4.78 is 0. The molecule has 2 heterocycles. The molecule has 0 amide bonds. The first kappa shape index (κ1) is 14.8. The fraction of sp³-hybridized carbons (Fsp3) is 0.562. The van der Waals surface area contributed by atoms with Gasteiger partial charge in [0.05, 0.1) is 16.6 Å². The molecule has 3 rings (SSSR count). The second-order valence-electron chi connectivity index (χ2n) is 6.06. The molecule has 6 heteroatoms. The van der Waals surface area contributed by atoms with Crippen molar-refractivity contribution in [3.05, 3.63) is 33.9 Å². The van der Waals surface area contributed by atoms with Crippen LogP contribution in [0.25, 0.3) is 0 Å². The second-order valence-corrected chi connectivity index (χ2v) is 6.06. The standard InChI is InChI=1S/C16H20N4O2/c17-11-13-5-6-15(16(10-13)20(21)22)19-9-3-4-14(12-19)18-7-1-2-8-18/h5-6,10,14H,1-4,7-9,12H2/t14-/m0/s1.